The molecule has 0 amide bonds. The summed E-state index contributed by atoms with van der Waals surface area (Å²) in [5, 5.41) is 25.5. The number of halogens is 2. The summed E-state index contributed by atoms with van der Waals surface area (Å²) in [6.45, 7) is -0.248. The van der Waals surface area contributed by atoms with Crippen LogP contribution < -0.4 is 0 Å². The van der Waals surface area contributed by atoms with Gasteiger partial charge in [0.05, 0.1) is 22.6 Å². The molecule has 0 aliphatic carbocycles. The second-order valence-corrected chi connectivity index (χ2v) is 9.69. The molecule has 0 spiro atoms. The summed E-state index contributed by atoms with van der Waals surface area (Å²) in [6, 6.07) is 16.4. The number of rotatable bonds is 6. The van der Waals surface area contributed by atoms with E-state index in [0.717, 1.165) is 16.4 Å². The van der Waals surface area contributed by atoms with Gasteiger partial charge in [0, 0.05) is 30.8 Å². The molecular formula is C23H19ClFN3O4S. The predicted octanol–water partition coefficient (Wildman–Crippen LogP) is 4.56. The van der Waals surface area contributed by atoms with Crippen molar-refractivity contribution in [1.82, 2.24) is 14.1 Å². The molecule has 2 N–H and O–H groups in total. The van der Waals surface area contributed by atoms with Gasteiger partial charge < -0.3 is 10.2 Å². The average Bonchev–Trinajstić information content (AvgIpc) is 3.24. The number of nitrogens with zero attached hydrogens (tertiary/aromatic N) is 3. The maximum Gasteiger partial charge on any atom is 0.246 e. The number of aromatic hydroxyl groups is 2. The molecule has 4 rings (SSSR count). The highest BCUT2D eigenvalue weighted by atomic mass is 35.5. The fourth-order valence-electron chi connectivity index (χ4n) is 3.41. The van der Waals surface area contributed by atoms with Gasteiger partial charge in [-0.1, -0.05) is 41.9 Å². The van der Waals surface area contributed by atoms with Crippen molar-refractivity contribution >= 4 is 21.6 Å². The van der Waals surface area contributed by atoms with Gasteiger partial charge >= 0.3 is 0 Å². The number of para-hydroxylation sites is 1. The quantitative estimate of drug-likeness (QED) is 0.415. The van der Waals surface area contributed by atoms with Crippen molar-refractivity contribution in [1.29, 1.82) is 0 Å². The molecule has 0 saturated heterocycles. The third-order valence-electron chi connectivity index (χ3n) is 5.12. The van der Waals surface area contributed by atoms with Crippen LogP contribution in [0.25, 0.3) is 16.9 Å². The fraction of sp³-hybridized carbons (Fsp3) is 0.0870. The van der Waals surface area contributed by atoms with Crippen LogP contribution in [0, 0.1) is 5.82 Å². The van der Waals surface area contributed by atoms with Gasteiger partial charge in [-0.3, -0.25) is 0 Å². The van der Waals surface area contributed by atoms with Crippen molar-refractivity contribution < 1.29 is 23.0 Å². The molecule has 1 heterocycles. The van der Waals surface area contributed by atoms with Crippen molar-refractivity contribution in [2.75, 3.05) is 7.05 Å². The predicted molar refractivity (Wildman–Crippen MR) is 122 cm³/mol. The normalized spacial score (nSPS) is 11.8. The van der Waals surface area contributed by atoms with Crippen molar-refractivity contribution in [2.45, 2.75) is 11.4 Å². The van der Waals surface area contributed by atoms with E-state index in [2.05, 4.69) is 5.10 Å². The SMILES string of the molecule is CN(Cc1ccccc1F)S(=O)(=O)c1cc(-c2ccnn2-c2ccccc2Cl)c(O)cc1O. The molecule has 3 aromatic carbocycles. The summed E-state index contributed by atoms with van der Waals surface area (Å²) in [4.78, 5) is -0.443. The first kappa shape index (κ1) is 22.8. The number of sulfonamides is 1. The number of aromatic nitrogens is 2. The Morgan fingerprint density at radius 2 is 1.73 bits per heavy atom. The lowest BCUT2D eigenvalue weighted by molar-refractivity contribution is 0.427. The minimum atomic E-state index is -4.25. The van der Waals surface area contributed by atoms with Crippen LogP contribution in [0.3, 0.4) is 0 Å². The summed E-state index contributed by atoms with van der Waals surface area (Å²) in [5.41, 5.74) is 1.17. The van der Waals surface area contributed by atoms with Gasteiger partial charge in [0.2, 0.25) is 10.0 Å². The second-order valence-electron chi connectivity index (χ2n) is 7.27. The largest absolute Gasteiger partial charge is 0.507 e. The zero-order chi connectivity index (χ0) is 23.8. The van der Waals surface area contributed by atoms with Crippen molar-refractivity contribution in [3.05, 3.63) is 89.3 Å². The first-order chi connectivity index (χ1) is 15.7. The molecule has 0 aliphatic rings. The van der Waals surface area contributed by atoms with Gasteiger partial charge in [-0.05, 0) is 30.3 Å². The summed E-state index contributed by atoms with van der Waals surface area (Å²) in [6.07, 6.45) is 1.48. The molecule has 0 unspecified atom stereocenters. The van der Waals surface area contributed by atoms with E-state index in [9.17, 15) is 23.0 Å². The maximum absolute atomic E-state index is 14.0. The summed E-state index contributed by atoms with van der Waals surface area (Å²) >= 11 is 6.28. The molecule has 1 aromatic heterocycles. The highest BCUT2D eigenvalue weighted by Gasteiger charge is 2.28. The Kier molecular flexibility index (Phi) is 6.11. The Morgan fingerprint density at radius 3 is 2.45 bits per heavy atom. The van der Waals surface area contributed by atoms with Gasteiger partial charge in [-0.15, -0.1) is 0 Å². The van der Waals surface area contributed by atoms with E-state index >= 15 is 0 Å². The molecular weight excluding hydrogens is 469 g/mol. The van der Waals surface area contributed by atoms with Crippen LogP contribution in [0.2, 0.25) is 5.02 Å². The van der Waals surface area contributed by atoms with Gasteiger partial charge in [0.1, 0.15) is 22.2 Å². The summed E-state index contributed by atoms with van der Waals surface area (Å²) in [7, 11) is -2.97. The molecule has 0 bridgehead atoms. The maximum atomic E-state index is 14.0. The van der Waals surface area contributed by atoms with Crippen LogP contribution >= 0.6 is 11.6 Å². The monoisotopic (exact) mass is 487 g/mol. The van der Waals surface area contributed by atoms with Crippen molar-refractivity contribution in [3.8, 4) is 28.4 Å². The highest BCUT2D eigenvalue weighted by Crippen LogP contribution is 2.39. The minimum Gasteiger partial charge on any atom is -0.507 e. The third kappa shape index (κ3) is 4.30. The van der Waals surface area contributed by atoms with Gasteiger partial charge in [-0.2, -0.15) is 9.40 Å². The molecule has 7 nitrogen and oxygen atoms in total. The Bertz CT molecular complexity index is 1440. The van der Waals surface area contributed by atoms with Gasteiger partial charge in [0.15, 0.2) is 0 Å². The van der Waals surface area contributed by atoms with Gasteiger partial charge in [-0.25, -0.2) is 17.5 Å². The lowest BCUT2D eigenvalue weighted by Gasteiger charge is -2.19. The molecule has 0 aliphatic heterocycles. The van der Waals surface area contributed by atoms with Crippen LogP contribution in [-0.4, -0.2) is 39.8 Å². The number of phenolic OH excluding ortho intramolecular Hbond substituents is 2. The first-order valence-corrected chi connectivity index (χ1v) is 11.6. The van der Waals surface area contributed by atoms with Gasteiger partial charge in [0.25, 0.3) is 0 Å². The first-order valence-electron chi connectivity index (χ1n) is 9.75. The molecule has 0 radical (unpaired) electrons. The number of phenols is 2. The van der Waals surface area contributed by atoms with Crippen LogP contribution in [0.5, 0.6) is 11.5 Å². The number of hydrogen-bond acceptors (Lipinski definition) is 5. The van der Waals surface area contributed by atoms with Crippen molar-refractivity contribution in [3.63, 3.8) is 0 Å². The zero-order valence-electron chi connectivity index (χ0n) is 17.4. The zero-order valence-corrected chi connectivity index (χ0v) is 18.9. The van der Waals surface area contributed by atoms with Crippen LogP contribution in [-0.2, 0) is 16.6 Å². The molecule has 0 fully saturated rings. The van der Waals surface area contributed by atoms with Crippen LogP contribution in [0.15, 0.2) is 77.8 Å². The smallest absolute Gasteiger partial charge is 0.246 e. The van der Waals surface area contributed by atoms with E-state index in [1.807, 2.05) is 0 Å². The Hall–Kier alpha value is -3.40. The van der Waals surface area contributed by atoms with E-state index < -0.39 is 26.5 Å². The van der Waals surface area contributed by atoms with E-state index in [4.69, 9.17) is 11.6 Å². The van der Waals surface area contributed by atoms with Crippen LogP contribution in [0.4, 0.5) is 4.39 Å². The standard InChI is InChI=1S/C23H19ClFN3O4S/c1-27(14-15-6-2-4-8-18(15)25)33(31,32)23-12-16(21(29)13-22(23)30)19-10-11-26-28(19)20-9-5-3-7-17(20)24/h2-13,29-30H,14H2,1H3. The highest BCUT2D eigenvalue weighted by molar-refractivity contribution is 7.89. The fourth-order valence-corrected chi connectivity index (χ4v) is 4.86. The second kappa shape index (κ2) is 8.86. The molecule has 33 heavy (non-hydrogen) atoms. The van der Waals surface area contributed by atoms with E-state index in [-0.39, 0.29) is 23.4 Å². The minimum absolute atomic E-state index is 0.114. The van der Waals surface area contributed by atoms with E-state index in [1.54, 1.807) is 36.4 Å². The summed E-state index contributed by atoms with van der Waals surface area (Å²) in [5.74, 6) is -1.53. The third-order valence-corrected chi connectivity index (χ3v) is 7.27. The summed E-state index contributed by atoms with van der Waals surface area (Å²) < 4.78 is 42.9. The van der Waals surface area contributed by atoms with Crippen molar-refractivity contribution in [2.24, 2.45) is 0 Å². The van der Waals surface area contributed by atoms with E-state index in [0.29, 0.717) is 16.4 Å². The Balaban J connectivity index is 1.79. The average molecular weight is 488 g/mol. The number of hydrogen-bond donors (Lipinski definition) is 2. The van der Waals surface area contributed by atoms with Crippen LogP contribution in [0.1, 0.15) is 5.56 Å². The molecule has 170 valence electrons. The molecule has 10 heteroatoms. The Morgan fingerprint density at radius 1 is 1.03 bits per heavy atom. The lowest BCUT2D eigenvalue weighted by Crippen LogP contribution is -2.27. The number of benzene rings is 3. The Labute approximate surface area is 195 Å². The molecule has 0 atom stereocenters. The molecule has 4 aromatic rings. The topological polar surface area (TPSA) is 95.7 Å². The lowest BCUT2D eigenvalue weighted by atomic mass is 10.1. The molecule has 0 saturated carbocycles. The van der Waals surface area contributed by atoms with E-state index in [1.165, 1.54) is 36.1 Å².